The summed E-state index contributed by atoms with van der Waals surface area (Å²) in [7, 11) is 0. The van der Waals surface area contributed by atoms with Gasteiger partial charge < -0.3 is 10.6 Å². The van der Waals surface area contributed by atoms with Crippen LogP contribution in [0.4, 0.5) is 11.4 Å². The first kappa shape index (κ1) is 16.6. The molecule has 2 aromatic carbocycles. The maximum Gasteiger partial charge on any atom is 0.255 e. The van der Waals surface area contributed by atoms with Gasteiger partial charge in [0.05, 0.1) is 11.4 Å². The van der Waals surface area contributed by atoms with E-state index in [2.05, 4.69) is 24.5 Å². The lowest BCUT2D eigenvalue weighted by Gasteiger charge is -2.18. The molecule has 0 aliphatic carbocycles. The lowest BCUT2D eigenvalue weighted by molar-refractivity contribution is -0.113. The van der Waals surface area contributed by atoms with E-state index in [1.54, 1.807) is 12.1 Å². The second-order valence-electron chi connectivity index (χ2n) is 6.20. The van der Waals surface area contributed by atoms with E-state index in [1.165, 1.54) is 11.8 Å². The first-order valence-corrected chi connectivity index (χ1v) is 8.92. The van der Waals surface area contributed by atoms with E-state index in [-0.39, 0.29) is 11.8 Å². The fraction of sp³-hybridized carbons (Fsp3) is 0.263. The number of benzene rings is 2. The van der Waals surface area contributed by atoms with Crippen LogP contribution in [0.3, 0.4) is 0 Å². The number of aryl methyl sites for hydroxylation is 1. The van der Waals surface area contributed by atoms with Gasteiger partial charge in [-0.3, -0.25) is 9.59 Å². The zero-order chi connectivity index (χ0) is 17.3. The van der Waals surface area contributed by atoms with E-state index in [4.69, 9.17) is 0 Å². The molecule has 0 bridgehead atoms. The highest BCUT2D eigenvalue weighted by atomic mass is 32.2. The van der Waals surface area contributed by atoms with Gasteiger partial charge in [-0.1, -0.05) is 32.0 Å². The Labute approximate surface area is 146 Å². The first-order valence-electron chi connectivity index (χ1n) is 7.93. The summed E-state index contributed by atoms with van der Waals surface area (Å²) in [6, 6.07) is 11.5. The molecule has 0 saturated heterocycles. The molecule has 0 fully saturated rings. The third-order valence-electron chi connectivity index (χ3n) is 4.04. The number of thioether (sulfide) groups is 1. The molecule has 5 heteroatoms. The Morgan fingerprint density at radius 3 is 2.79 bits per heavy atom. The van der Waals surface area contributed by atoms with Crippen LogP contribution in [0.15, 0.2) is 41.3 Å². The molecule has 3 rings (SSSR count). The summed E-state index contributed by atoms with van der Waals surface area (Å²) in [5.74, 6) is 0.531. The molecule has 4 nitrogen and oxygen atoms in total. The minimum absolute atomic E-state index is 0.0361. The van der Waals surface area contributed by atoms with Crippen molar-refractivity contribution in [1.82, 2.24) is 0 Å². The van der Waals surface area contributed by atoms with Crippen molar-refractivity contribution in [1.29, 1.82) is 0 Å². The van der Waals surface area contributed by atoms with Gasteiger partial charge in [-0.15, -0.1) is 11.8 Å². The molecule has 0 radical (unpaired) electrons. The van der Waals surface area contributed by atoms with E-state index in [0.29, 0.717) is 22.9 Å². The minimum Gasteiger partial charge on any atom is -0.324 e. The minimum atomic E-state index is -0.168. The maximum atomic E-state index is 12.7. The number of carbonyl (C=O) groups excluding carboxylic acids is 2. The summed E-state index contributed by atoms with van der Waals surface area (Å²) in [5.41, 5.74) is 4.27. The van der Waals surface area contributed by atoms with Crippen LogP contribution in [-0.2, 0) is 4.79 Å². The second-order valence-corrected chi connectivity index (χ2v) is 7.21. The average Bonchev–Trinajstić information content (AvgIpc) is 2.55. The van der Waals surface area contributed by atoms with Gasteiger partial charge in [-0.05, 0) is 42.2 Å². The highest BCUT2D eigenvalue weighted by Crippen LogP contribution is 2.33. The first-order chi connectivity index (χ1) is 11.5. The van der Waals surface area contributed by atoms with E-state index in [1.807, 2.05) is 31.2 Å². The summed E-state index contributed by atoms with van der Waals surface area (Å²) >= 11 is 1.49. The van der Waals surface area contributed by atoms with Gasteiger partial charge in [0, 0.05) is 16.1 Å². The second kappa shape index (κ2) is 6.69. The lowest BCUT2D eigenvalue weighted by atomic mass is 9.98. The molecule has 1 heterocycles. The van der Waals surface area contributed by atoms with E-state index in [0.717, 1.165) is 21.7 Å². The van der Waals surface area contributed by atoms with Crippen molar-refractivity contribution in [2.45, 2.75) is 31.6 Å². The Morgan fingerprint density at radius 2 is 2.04 bits per heavy atom. The number of nitrogens with one attached hydrogen (secondary N) is 2. The van der Waals surface area contributed by atoms with Crippen molar-refractivity contribution < 1.29 is 9.59 Å². The monoisotopic (exact) mass is 340 g/mol. The smallest absolute Gasteiger partial charge is 0.255 e. The molecule has 124 valence electrons. The molecule has 2 aromatic rings. The molecule has 0 atom stereocenters. The van der Waals surface area contributed by atoms with Crippen molar-refractivity contribution in [3.63, 3.8) is 0 Å². The number of para-hydroxylation sites is 1. The van der Waals surface area contributed by atoms with Crippen molar-refractivity contribution in [2.75, 3.05) is 16.4 Å². The van der Waals surface area contributed by atoms with Crippen molar-refractivity contribution in [3.05, 3.63) is 53.1 Å². The van der Waals surface area contributed by atoms with E-state index < -0.39 is 0 Å². The molecule has 0 spiro atoms. The Bertz CT molecular complexity index is 815. The van der Waals surface area contributed by atoms with Crippen molar-refractivity contribution >= 4 is 35.0 Å². The van der Waals surface area contributed by atoms with Gasteiger partial charge in [0.25, 0.3) is 5.91 Å². The van der Waals surface area contributed by atoms with Crippen LogP contribution in [-0.4, -0.2) is 17.6 Å². The molecule has 1 aliphatic rings. The number of anilines is 2. The molecule has 24 heavy (non-hydrogen) atoms. The molecule has 2 N–H and O–H groups in total. The van der Waals surface area contributed by atoms with Gasteiger partial charge in [-0.25, -0.2) is 0 Å². The Kier molecular flexibility index (Phi) is 4.62. The highest BCUT2D eigenvalue weighted by molar-refractivity contribution is 8.00. The van der Waals surface area contributed by atoms with E-state index >= 15 is 0 Å². The number of carbonyl (C=O) groups is 2. The molecular formula is C19H20N2O2S. The number of hydrogen-bond acceptors (Lipinski definition) is 3. The third-order valence-corrected chi connectivity index (χ3v) is 5.11. The van der Waals surface area contributed by atoms with Crippen LogP contribution >= 0.6 is 11.8 Å². The summed E-state index contributed by atoms with van der Waals surface area (Å²) < 4.78 is 0. The Hall–Kier alpha value is -2.27. The predicted molar refractivity (Wildman–Crippen MR) is 99.0 cm³/mol. The molecular weight excluding hydrogens is 320 g/mol. The third kappa shape index (κ3) is 3.31. The number of rotatable bonds is 3. The normalized spacial score (nSPS) is 13.4. The molecule has 1 aliphatic heterocycles. The summed E-state index contributed by atoms with van der Waals surface area (Å²) in [4.78, 5) is 25.2. The lowest BCUT2D eigenvalue weighted by Crippen LogP contribution is -2.20. The zero-order valence-corrected chi connectivity index (χ0v) is 14.8. The summed E-state index contributed by atoms with van der Waals surface area (Å²) in [6.45, 7) is 6.21. The van der Waals surface area contributed by atoms with Gasteiger partial charge in [-0.2, -0.15) is 0 Å². The van der Waals surface area contributed by atoms with Crippen LogP contribution in [0.25, 0.3) is 0 Å². The number of amides is 2. The van der Waals surface area contributed by atoms with E-state index in [9.17, 15) is 9.59 Å². The van der Waals surface area contributed by atoms with Crippen LogP contribution in [0, 0.1) is 6.92 Å². The van der Waals surface area contributed by atoms with Gasteiger partial charge in [0.2, 0.25) is 5.91 Å². The van der Waals surface area contributed by atoms with Crippen LogP contribution < -0.4 is 10.6 Å². The van der Waals surface area contributed by atoms with Crippen LogP contribution in [0.5, 0.6) is 0 Å². The van der Waals surface area contributed by atoms with Gasteiger partial charge >= 0.3 is 0 Å². The zero-order valence-electron chi connectivity index (χ0n) is 14.0. The number of fused-ring (bicyclic) bond motifs is 1. The molecule has 2 amide bonds. The molecule has 0 unspecified atom stereocenters. The van der Waals surface area contributed by atoms with Crippen LogP contribution in [0.2, 0.25) is 0 Å². The predicted octanol–water partition coefficient (Wildman–Crippen LogP) is 4.41. The quantitative estimate of drug-likeness (QED) is 0.870. The average molecular weight is 340 g/mol. The highest BCUT2D eigenvalue weighted by Gasteiger charge is 2.18. The van der Waals surface area contributed by atoms with Crippen molar-refractivity contribution in [2.24, 2.45) is 0 Å². The SMILES string of the molecule is Cc1cccc(C(C)C)c1NC(=O)c1ccc2c(c1)NC(=O)CS2. The number of hydrogen-bond donors (Lipinski definition) is 2. The molecule has 0 aromatic heterocycles. The Balaban J connectivity index is 1.89. The van der Waals surface area contributed by atoms with Gasteiger partial charge in [0.15, 0.2) is 0 Å². The fourth-order valence-corrected chi connectivity index (χ4v) is 3.54. The van der Waals surface area contributed by atoms with Crippen molar-refractivity contribution in [3.8, 4) is 0 Å². The fourth-order valence-electron chi connectivity index (χ4n) is 2.75. The standard InChI is InChI=1S/C19H20N2O2S/c1-11(2)14-6-4-5-12(3)18(14)21-19(23)13-7-8-16-15(9-13)20-17(22)10-24-16/h4-9,11H,10H2,1-3H3,(H,20,22)(H,21,23). The summed E-state index contributed by atoms with van der Waals surface area (Å²) in [6.07, 6.45) is 0. The summed E-state index contributed by atoms with van der Waals surface area (Å²) in [5, 5.41) is 5.86. The van der Waals surface area contributed by atoms with Gasteiger partial charge in [0.1, 0.15) is 0 Å². The largest absolute Gasteiger partial charge is 0.324 e. The topological polar surface area (TPSA) is 58.2 Å². The Morgan fingerprint density at radius 1 is 1.25 bits per heavy atom. The molecule has 0 saturated carbocycles. The maximum absolute atomic E-state index is 12.7. The van der Waals surface area contributed by atoms with Crippen LogP contribution in [0.1, 0.15) is 41.3 Å².